The molecule has 7 nitrogen and oxygen atoms in total. The maximum Gasteiger partial charge on any atom is 0.322 e. The SMILES string of the molecule is O=C(CSc1ncnc2ccsc12)Nc1nnc(-c2ccccc2)o1. The van der Waals surface area contributed by atoms with Crippen LogP contribution < -0.4 is 5.32 Å². The Kier molecular flexibility index (Phi) is 4.40. The van der Waals surface area contributed by atoms with E-state index in [1.54, 1.807) is 11.3 Å². The molecule has 9 heteroatoms. The van der Waals surface area contributed by atoms with E-state index in [-0.39, 0.29) is 17.7 Å². The Labute approximate surface area is 150 Å². The van der Waals surface area contributed by atoms with Crippen LogP contribution in [0.5, 0.6) is 0 Å². The summed E-state index contributed by atoms with van der Waals surface area (Å²) in [5.74, 6) is 0.309. The van der Waals surface area contributed by atoms with E-state index in [1.165, 1.54) is 18.1 Å². The first kappa shape index (κ1) is 15.7. The molecule has 0 atom stereocenters. The van der Waals surface area contributed by atoms with Crippen LogP contribution in [-0.4, -0.2) is 31.8 Å². The van der Waals surface area contributed by atoms with Gasteiger partial charge in [0.15, 0.2) is 0 Å². The molecule has 25 heavy (non-hydrogen) atoms. The Bertz CT molecular complexity index is 1020. The van der Waals surface area contributed by atoms with Crippen LogP contribution in [0.2, 0.25) is 0 Å². The number of thioether (sulfide) groups is 1. The molecule has 124 valence electrons. The number of carbonyl (C=O) groups is 1. The molecule has 0 spiro atoms. The van der Waals surface area contributed by atoms with Gasteiger partial charge in [-0.2, -0.15) is 0 Å². The summed E-state index contributed by atoms with van der Waals surface area (Å²) in [6.07, 6.45) is 1.50. The van der Waals surface area contributed by atoms with Gasteiger partial charge in [0.25, 0.3) is 0 Å². The highest BCUT2D eigenvalue weighted by atomic mass is 32.2. The number of aromatic nitrogens is 4. The Hall–Kier alpha value is -2.78. The van der Waals surface area contributed by atoms with E-state index in [9.17, 15) is 4.79 Å². The topological polar surface area (TPSA) is 93.8 Å². The van der Waals surface area contributed by atoms with E-state index in [0.29, 0.717) is 5.89 Å². The second-order valence-electron chi connectivity index (χ2n) is 4.93. The molecule has 4 aromatic rings. The largest absolute Gasteiger partial charge is 0.403 e. The predicted molar refractivity (Wildman–Crippen MR) is 96.5 cm³/mol. The quantitative estimate of drug-likeness (QED) is 0.425. The molecule has 0 saturated heterocycles. The van der Waals surface area contributed by atoms with Crippen LogP contribution in [0.1, 0.15) is 0 Å². The maximum atomic E-state index is 12.1. The van der Waals surface area contributed by atoms with Crippen LogP contribution in [0.3, 0.4) is 0 Å². The maximum absolute atomic E-state index is 12.1. The zero-order valence-corrected chi connectivity index (χ0v) is 14.4. The molecule has 0 aliphatic carbocycles. The summed E-state index contributed by atoms with van der Waals surface area (Å²) in [7, 11) is 0. The number of carbonyl (C=O) groups excluding carboxylic acids is 1. The lowest BCUT2D eigenvalue weighted by atomic mass is 10.2. The zero-order valence-electron chi connectivity index (χ0n) is 12.7. The first-order valence-corrected chi connectivity index (χ1v) is 9.16. The summed E-state index contributed by atoms with van der Waals surface area (Å²) in [4.78, 5) is 20.5. The lowest BCUT2D eigenvalue weighted by molar-refractivity contribution is -0.113. The molecule has 0 aliphatic rings. The molecule has 1 aromatic carbocycles. The fraction of sp³-hybridized carbons (Fsp3) is 0.0625. The number of benzene rings is 1. The summed E-state index contributed by atoms with van der Waals surface area (Å²) in [5, 5.41) is 13.1. The normalized spacial score (nSPS) is 10.9. The summed E-state index contributed by atoms with van der Waals surface area (Å²) >= 11 is 2.89. The van der Waals surface area contributed by atoms with Crippen LogP contribution in [0, 0.1) is 0 Å². The zero-order chi connectivity index (χ0) is 17.1. The lowest BCUT2D eigenvalue weighted by Crippen LogP contribution is -2.14. The second kappa shape index (κ2) is 6.99. The summed E-state index contributed by atoms with van der Waals surface area (Å²) in [6, 6.07) is 11.4. The first-order valence-electron chi connectivity index (χ1n) is 7.29. The van der Waals surface area contributed by atoms with Crippen molar-refractivity contribution in [3.8, 4) is 11.5 Å². The number of hydrogen-bond acceptors (Lipinski definition) is 8. The highest BCUT2D eigenvalue weighted by molar-refractivity contribution is 8.00. The molecule has 0 unspecified atom stereocenters. The second-order valence-corrected chi connectivity index (χ2v) is 6.81. The van der Waals surface area contributed by atoms with Gasteiger partial charge in [-0.05, 0) is 23.6 Å². The number of hydrogen-bond donors (Lipinski definition) is 1. The van der Waals surface area contributed by atoms with Crippen molar-refractivity contribution in [2.75, 3.05) is 11.1 Å². The summed E-state index contributed by atoms with van der Waals surface area (Å²) in [6.45, 7) is 0. The molecule has 3 heterocycles. The van der Waals surface area contributed by atoms with E-state index in [4.69, 9.17) is 4.42 Å². The highest BCUT2D eigenvalue weighted by Crippen LogP contribution is 2.28. The van der Waals surface area contributed by atoms with E-state index >= 15 is 0 Å². The van der Waals surface area contributed by atoms with Gasteiger partial charge in [0.1, 0.15) is 11.4 Å². The Morgan fingerprint density at radius 3 is 2.92 bits per heavy atom. The third-order valence-electron chi connectivity index (χ3n) is 3.24. The van der Waals surface area contributed by atoms with E-state index in [2.05, 4.69) is 25.5 Å². The van der Waals surface area contributed by atoms with Gasteiger partial charge in [-0.25, -0.2) is 9.97 Å². The monoisotopic (exact) mass is 369 g/mol. The van der Waals surface area contributed by atoms with Gasteiger partial charge in [-0.1, -0.05) is 35.1 Å². The molecule has 1 N–H and O–H groups in total. The number of fused-ring (bicyclic) bond motifs is 1. The number of anilines is 1. The summed E-state index contributed by atoms with van der Waals surface area (Å²) < 4.78 is 6.44. The minimum absolute atomic E-state index is 0.0772. The lowest BCUT2D eigenvalue weighted by Gasteiger charge is -2.01. The van der Waals surface area contributed by atoms with Gasteiger partial charge in [0.2, 0.25) is 11.8 Å². The van der Waals surface area contributed by atoms with Gasteiger partial charge < -0.3 is 4.42 Å². The van der Waals surface area contributed by atoms with Crippen molar-refractivity contribution in [3.05, 3.63) is 48.1 Å². The third kappa shape index (κ3) is 3.52. The molecule has 0 fully saturated rings. The minimum Gasteiger partial charge on any atom is -0.403 e. The van der Waals surface area contributed by atoms with Crippen molar-refractivity contribution >= 4 is 45.2 Å². The van der Waals surface area contributed by atoms with Gasteiger partial charge in [0, 0.05) is 5.56 Å². The molecule has 0 saturated carbocycles. The fourth-order valence-corrected chi connectivity index (χ4v) is 3.88. The number of amides is 1. The number of nitrogens with one attached hydrogen (secondary N) is 1. The van der Waals surface area contributed by atoms with Crippen LogP contribution in [-0.2, 0) is 4.79 Å². The molecular formula is C16H11N5O2S2. The van der Waals surface area contributed by atoms with Gasteiger partial charge in [0.05, 0.1) is 16.0 Å². The number of nitrogens with zero attached hydrogens (tertiary/aromatic N) is 4. The Morgan fingerprint density at radius 2 is 2.04 bits per heavy atom. The average Bonchev–Trinajstić information content (AvgIpc) is 3.30. The fourth-order valence-electron chi connectivity index (χ4n) is 2.13. The number of thiophene rings is 1. The van der Waals surface area contributed by atoms with Gasteiger partial charge in [-0.15, -0.1) is 16.4 Å². The summed E-state index contributed by atoms with van der Waals surface area (Å²) in [5.41, 5.74) is 1.68. The van der Waals surface area contributed by atoms with Gasteiger partial charge in [-0.3, -0.25) is 10.1 Å². The van der Waals surface area contributed by atoms with Crippen LogP contribution in [0.4, 0.5) is 6.01 Å². The Morgan fingerprint density at radius 1 is 1.16 bits per heavy atom. The average molecular weight is 369 g/mol. The minimum atomic E-state index is -0.239. The first-order chi connectivity index (χ1) is 12.3. The van der Waals surface area contributed by atoms with Crippen molar-refractivity contribution in [3.63, 3.8) is 0 Å². The van der Waals surface area contributed by atoms with E-state index in [1.807, 2.05) is 41.8 Å². The van der Waals surface area contributed by atoms with Gasteiger partial charge >= 0.3 is 6.01 Å². The Balaban J connectivity index is 1.40. The van der Waals surface area contributed by atoms with Crippen LogP contribution >= 0.6 is 23.1 Å². The number of rotatable bonds is 5. The van der Waals surface area contributed by atoms with E-state index in [0.717, 1.165) is 20.8 Å². The van der Waals surface area contributed by atoms with Crippen LogP contribution in [0.25, 0.3) is 21.7 Å². The standard InChI is InChI=1S/C16H11N5O2S2/c22-12(8-25-15-13-11(6-7-24-13)17-9-18-15)19-16-21-20-14(23-16)10-4-2-1-3-5-10/h1-7,9H,8H2,(H,19,21,22). The molecule has 0 bridgehead atoms. The molecule has 3 aromatic heterocycles. The van der Waals surface area contributed by atoms with Crippen molar-refractivity contribution in [2.24, 2.45) is 0 Å². The molecule has 0 aliphatic heterocycles. The molecule has 1 amide bonds. The van der Waals surface area contributed by atoms with E-state index < -0.39 is 0 Å². The molecular weight excluding hydrogens is 358 g/mol. The van der Waals surface area contributed by atoms with Crippen molar-refractivity contribution in [2.45, 2.75) is 5.03 Å². The van der Waals surface area contributed by atoms with Crippen molar-refractivity contribution < 1.29 is 9.21 Å². The third-order valence-corrected chi connectivity index (χ3v) is 5.27. The van der Waals surface area contributed by atoms with Crippen molar-refractivity contribution in [1.29, 1.82) is 0 Å². The predicted octanol–water partition coefficient (Wildman–Crippen LogP) is 3.47. The van der Waals surface area contributed by atoms with Crippen LogP contribution in [0.15, 0.2) is 57.5 Å². The molecule has 4 rings (SSSR count). The smallest absolute Gasteiger partial charge is 0.322 e. The van der Waals surface area contributed by atoms with Crippen molar-refractivity contribution in [1.82, 2.24) is 20.2 Å². The highest BCUT2D eigenvalue weighted by Gasteiger charge is 2.13. The molecule has 0 radical (unpaired) electrons.